The number of hydrogen-bond acceptors (Lipinski definition) is 7. The molecule has 0 bridgehead atoms. The molecule has 53 heavy (non-hydrogen) atoms. The third kappa shape index (κ3) is 13.9. The van der Waals surface area contributed by atoms with E-state index >= 15 is 0 Å². The highest BCUT2D eigenvalue weighted by molar-refractivity contribution is 7.98. The van der Waals surface area contributed by atoms with E-state index in [1.54, 1.807) is 11.8 Å². The third-order valence-electron chi connectivity index (χ3n) is 9.17. The van der Waals surface area contributed by atoms with Crippen LogP contribution in [0.5, 0.6) is 5.75 Å². The van der Waals surface area contributed by atoms with Gasteiger partial charge in [-0.2, -0.15) is 11.8 Å². The molecule has 3 N–H and O–H groups in total. The fraction of sp³-hybridized carbons (Fsp3) is 0.341. The summed E-state index contributed by atoms with van der Waals surface area (Å²) in [6.07, 6.45) is 6.51. The number of rotatable bonds is 15. The van der Waals surface area contributed by atoms with Crippen molar-refractivity contribution >= 4 is 29.5 Å². The lowest BCUT2D eigenvalue weighted by Gasteiger charge is -2.24. The van der Waals surface area contributed by atoms with E-state index in [4.69, 9.17) is 9.47 Å². The fourth-order valence-electron chi connectivity index (χ4n) is 6.22. The second-order valence-corrected chi connectivity index (χ2v) is 14.5. The maximum atomic E-state index is 13.8. The first kappa shape index (κ1) is 39.3. The molecule has 0 fully saturated rings. The summed E-state index contributed by atoms with van der Waals surface area (Å²) in [6.45, 7) is 0.268. The summed E-state index contributed by atoms with van der Waals surface area (Å²) in [5, 5.41) is 16.2. The number of allylic oxidation sites excluding steroid dienone is 2. The van der Waals surface area contributed by atoms with Crippen LogP contribution in [0.2, 0.25) is 0 Å². The number of cyclic esters (lactones) is 1. The van der Waals surface area contributed by atoms with Crippen molar-refractivity contribution in [2.75, 3.05) is 19.0 Å². The van der Waals surface area contributed by atoms with Crippen LogP contribution in [0, 0.1) is 11.8 Å². The summed E-state index contributed by atoms with van der Waals surface area (Å²) in [7, 11) is 0. The molecular weight excluding hydrogens is 685 g/mol. The number of hydrogen-bond donors (Lipinski definition) is 3. The van der Waals surface area contributed by atoms with Gasteiger partial charge in [0.2, 0.25) is 11.8 Å². The molecule has 0 spiro atoms. The predicted molar refractivity (Wildman–Crippen MR) is 210 cm³/mol. The molecule has 1 aliphatic heterocycles. The van der Waals surface area contributed by atoms with Gasteiger partial charge in [-0.05, 0) is 66.5 Å². The van der Waals surface area contributed by atoms with E-state index in [2.05, 4.69) is 22.8 Å². The van der Waals surface area contributed by atoms with Crippen LogP contribution in [-0.2, 0) is 44.3 Å². The number of carbonyl (C=O) groups excluding carboxylic acids is 3. The molecule has 4 atom stereocenters. The Hall–Kier alpha value is -4.86. The maximum absolute atomic E-state index is 13.8. The van der Waals surface area contributed by atoms with E-state index in [1.165, 1.54) is 5.56 Å². The van der Waals surface area contributed by atoms with Gasteiger partial charge in [0.1, 0.15) is 19.0 Å². The molecule has 4 aromatic carbocycles. The van der Waals surface area contributed by atoms with Crippen molar-refractivity contribution in [3.8, 4) is 5.75 Å². The fourth-order valence-corrected chi connectivity index (χ4v) is 7.23. The molecular formula is C44H50N2O6S. The number of benzene rings is 4. The number of aliphatic hydroxyl groups excluding tert-OH is 1. The Labute approximate surface area is 317 Å². The molecule has 1 aliphatic rings. The Morgan fingerprint density at radius 3 is 2.17 bits per heavy atom. The molecule has 1 heterocycles. The quantitative estimate of drug-likeness (QED) is 0.0905. The van der Waals surface area contributed by atoms with Crippen LogP contribution in [0.3, 0.4) is 0 Å². The summed E-state index contributed by atoms with van der Waals surface area (Å²) >= 11 is 1.66. The van der Waals surface area contributed by atoms with Crippen LogP contribution >= 0.6 is 11.8 Å². The van der Waals surface area contributed by atoms with E-state index in [-0.39, 0.29) is 43.3 Å². The molecule has 0 aliphatic carbocycles. The average Bonchev–Trinajstić information content (AvgIpc) is 3.19. The zero-order chi connectivity index (χ0) is 37.1. The highest BCUT2D eigenvalue weighted by atomic mass is 32.2. The number of aliphatic hydroxyl groups is 1. The van der Waals surface area contributed by atoms with E-state index in [0.717, 1.165) is 28.2 Å². The summed E-state index contributed by atoms with van der Waals surface area (Å²) < 4.78 is 11.8. The first-order chi connectivity index (χ1) is 25.9. The summed E-state index contributed by atoms with van der Waals surface area (Å²) in [4.78, 5) is 40.5. The standard InChI is InChI=1S/C44H50N2O6S/c47-28-39(26-34-21-23-41(24-22-34)51-29-35-15-7-2-8-16-35)45-42(48)27-37-19-11-4-12-20-38(25-33-13-5-1-6-14-33)44(50)52-30-40(46-43(37)49)32-53-31-36-17-9-3-10-18-36/h1-11,13-18,21-24,37-40,47H,12,19-20,25-32H2,(H,45,48)(H,46,49)/t37-,38-,39+,40-/m1/s1. The highest BCUT2D eigenvalue weighted by Crippen LogP contribution is 2.21. The molecule has 2 amide bonds. The topological polar surface area (TPSA) is 114 Å². The van der Waals surface area contributed by atoms with Crippen molar-refractivity contribution in [2.24, 2.45) is 11.8 Å². The zero-order valence-corrected chi connectivity index (χ0v) is 30.9. The Morgan fingerprint density at radius 1 is 0.830 bits per heavy atom. The van der Waals surface area contributed by atoms with Crippen LogP contribution < -0.4 is 15.4 Å². The summed E-state index contributed by atoms with van der Waals surface area (Å²) in [5.74, 6) is 0.224. The Bertz CT molecular complexity index is 1720. The normalized spacial score (nSPS) is 18.7. The minimum absolute atomic E-state index is 0.0424. The van der Waals surface area contributed by atoms with E-state index in [0.29, 0.717) is 44.5 Å². The minimum atomic E-state index is -0.634. The number of esters is 1. The third-order valence-corrected chi connectivity index (χ3v) is 10.3. The van der Waals surface area contributed by atoms with Crippen LogP contribution in [0.15, 0.2) is 127 Å². The summed E-state index contributed by atoms with van der Waals surface area (Å²) in [6, 6.07) is 36.6. The first-order valence-electron chi connectivity index (χ1n) is 18.4. The van der Waals surface area contributed by atoms with Gasteiger partial charge in [0.25, 0.3) is 0 Å². The van der Waals surface area contributed by atoms with Crippen molar-refractivity contribution in [1.82, 2.24) is 10.6 Å². The lowest BCUT2D eigenvalue weighted by Crippen LogP contribution is -2.46. The van der Waals surface area contributed by atoms with Crippen molar-refractivity contribution in [1.29, 1.82) is 0 Å². The average molecular weight is 735 g/mol. The molecule has 278 valence electrons. The largest absolute Gasteiger partial charge is 0.489 e. The van der Waals surface area contributed by atoms with Gasteiger partial charge in [0.05, 0.1) is 30.5 Å². The van der Waals surface area contributed by atoms with Gasteiger partial charge in [-0.15, -0.1) is 0 Å². The van der Waals surface area contributed by atoms with Crippen molar-refractivity contribution in [3.05, 3.63) is 150 Å². The van der Waals surface area contributed by atoms with Crippen LogP contribution in [0.25, 0.3) is 0 Å². The van der Waals surface area contributed by atoms with Crippen LogP contribution in [0.4, 0.5) is 0 Å². The highest BCUT2D eigenvalue weighted by Gasteiger charge is 2.27. The lowest BCUT2D eigenvalue weighted by atomic mass is 9.94. The van der Waals surface area contributed by atoms with Gasteiger partial charge in [0.15, 0.2) is 0 Å². The van der Waals surface area contributed by atoms with Crippen molar-refractivity contribution in [2.45, 2.75) is 63.0 Å². The molecule has 0 saturated heterocycles. The predicted octanol–water partition coefficient (Wildman–Crippen LogP) is 6.85. The van der Waals surface area contributed by atoms with Gasteiger partial charge in [-0.3, -0.25) is 14.4 Å². The van der Waals surface area contributed by atoms with Gasteiger partial charge >= 0.3 is 5.97 Å². The van der Waals surface area contributed by atoms with Crippen LogP contribution in [-0.4, -0.2) is 53.9 Å². The Morgan fingerprint density at radius 2 is 1.49 bits per heavy atom. The van der Waals surface area contributed by atoms with E-state index < -0.39 is 18.0 Å². The Kier molecular flexibility index (Phi) is 16.0. The molecule has 0 unspecified atom stereocenters. The number of thioether (sulfide) groups is 1. The number of amides is 2. The number of nitrogens with one attached hydrogen (secondary N) is 2. The SMILES string of the molecule is O=C(C[C@H]1CC=CCC[C@H](Cc2ccccc2)C(=O)OC[C@H](CSCc2ccccc2)NC1=O)N[C@H](CO)Cc1ccc(OCc2ccccc2)cc1. The van der Waals surface area contributed by atoms with Gasteiger partial charge < -0.3 is 25.2 Å². The number of ether oxygens (including phenoxy) is 2. The molecule has 0 aromatic heterocycles. The maximum Gasteiger partial charge on any atom is 0.309 e. The molecule has 0 saturated carbocycles. The zero-order valence-electron chi connectivity index (χ0n) is 30.1. The second-order valence-electron chi connectivity index (χ2n) is 13.5. The summed E-state index contributed by atoms with van der Waals surface area (Å²) in [5.41, 5.74) is 4.26. The monoisotopic (exact) mass is 734 g/mol. The van der Waals surface area contributed by atoms with E-state index in [1.807, 2.05) is 115 Å². The Balaban J connectivity index is 1.20. The molecule has 4 aromatic rings. The minimum Gasteiger partial charge on any atom is -0.489 e. The van der Waals surface area contributed by atoms with Crippen molar-refractivity contribution < 1.29 is 29.0 Å². The second kappa shape index (κ2) is 21.6. The number of carbonyl (C=O) groups is 3. The van der Waals surface area contributed by atoms with E-state index in [9.17, 15) is 19.5 Å². The smallest absolute Gasteiger partial charge is 0.309 e. The molecule has 5 rings (SSSR count). The van der Waals surface area contributed by atoms with Crippen LogP contribution in [0.1, 0.15) is 47.9 Å². The van der Waals surface area contributed by atoms with Gasteiger partial charge in [0, 0.05) is 17.9 Å². The molecule has 9 heteroatoms. The molecule has 8 nitrogen and oxygen atoms in total. The van der Waals surface area contributed by atoms with Gasteiger partial charge in [-0.1, -0.05) is 115 Å². The van der Waals surface area contributed by atoms with Gasteiger partial charge in [-0.25, -0.2) is 0 Å². The first-order valence-corrected chi connectivity index (χ1v) is 19.5. The lowest BCUT2D eigenvalue weighted by molar-refractivity contribution is -0.150. The van der Waals surface area contributed by atoms with Crippen molar-refractivity contribution in [3.63, 3.8) is 0 Å². The molecule has 0 radical (unpaired) electrons.